The van der Waals surface area contributed by atoms with Crippen LogP contribution in [0.25, 0.3) is 0 Å². The van der Waals surface area contributed by atoms with Crippen molar-refractivity contribution in [1.82, 2.24) is 15.5 Å². The quantitative estimate of drug-likeness (QED) is 0.887. The van der Waals surface area contributed by atoms with Gasteiger partial charge in [-0.3, -0.25) is 0 Å². The lowest BCUT2D eigenvalue weighted by Gasteiger charge is -2.33. The van der Waals surface area contributed by atoms with E-state index in [-0.39, 0.29) is 0 Å². The van der Waals surface area contributed by atoms with Crippen molar-refractivity contribution in [2.24, 2.45) is 0 Å². The standard InChI is InChI=1S/C17H22N4O2S/c1-24(22,23)16-8-6-14(7-9-16)12-18-15-4-3-11-21(13-15)17-5-2-10-19-20-17/h2,5-10,15,18H,3-4,11-13H2,1H3/t15-/m0/s1. The number of nitrogens with zero attached hydrogens (tertiary/aromatic N) is 3. The first-order valence-electron chi connectivity index (χ1n) is 8.07. The molecule has 1 N–H and O–H groups in total. The zero-order chi connectivity index (χ0) is 17.0. The summed E-state index contributed by atoms with van der Waals surface area (Å²) in [6.07, 6.45) is 5.14. The molecule has 2 heterocycles. The van der Waals surface area contributed by atoms with Gasteiger partial charge in [-0.05, 0) is 42.7 Å². The minimum atomic E-state index is -3.13. The van der Waals surface area contributed by atoms with E-state index in [0.717, 1.165) is 43.9 Å². The van der Waals surface area contributed by atoms with Crippen LogP contribution in [0.4, 0.5) is 5.82 Å². The summed E-state index contributed by atoms with van der Waals surface area (Å²) in [7, 11) is -3.13. The first kappa shape index (κ1) is 16.9. The third-order valence-corrected chi connectivity index (χ3v) is 5.38. The highest BCUT2D eigenvalue weighted by atomic mass is 32.2. The van der Waals surface area contributed by atoms with Gasteiger partial charge in [0.1, 0.15) is 0 Å². The number of sulfone groups is 1. The van der Waals surface area contributed by atoms with Crippen LogP contribution in [0.3, 0.4) is 0 Å². The van der Waals surface area contributed by atoms with Gasteiger partial charge in [0.2, 0.25) is 0 Å². The predicted molar refractivity (Wildman–Crippen MR) is 93.7 cm³/mol. The average molecular weight is 346 g/mol. The average Bonchev–Trinajstić information content (AvgIpc) is 2.61. The number of anilines is 1. The van der Waals surface area contributed by atoms with E-state index in [1.165, 1.54) is 6.26 Å². The third-order valence-electron chi connectivity index (χ3n) is 4.25. The second-order valence-corrected chi connectivity index (χ2v) is 8.18. The molecule has 1 saturated heterocycles. The van der Waals surface area contributed by atoms with Crippen LogP contribution >= 0.6 is 0 Å². The summed E-state index contributed by atoms with van der Waals surface area (Å²) in [4.78, 5) is 2.61. The van der Waals surface area contributed by atoms with Gasteiger partial charge in [-0.15, -0.1) is 5.10 Å². The van der Waals surface area contributed by atoms with Crippen molar-refractivity contribution in [1.29, 1.82) is 0 Å². The van der Waals surface area contributed by atoms with Crippen molar-refractivity contribution in [3.8, 4) is 0 Å². The summed E-state index contributed by atoms with van der Waals surface area (Å²) in [5.41, 5.74) is 1.08. The summed E-state index contributed by atoms with van der Waals surface area (Å²) in [6.45, 7) is 2.63. The van der Waals surface area contributed by atoms with E-state index in [1.54, 1.807) is 18.3 Å². The predicted octanol–water partition coefficient (Wildman–Crippen LogP) is 1.64. The van der Waals surface area contributed by atoms with Crippen molar-refractivity contribution < 1.29 is 8.42 Å². The topological polar surface area (TPSA) is 75.2 Å². The molecule has 0 amide bonds. The third kappa shape index (κ3) is 4.30. The second kappa shape index (κ2) is 7.27. The van der Waals surface area contributed by atoms with Gasteiger partial charge in [0.15, 0.2) is 15.7 Å². The highest BCUT2D eigenvalue weighted by Crippen LogP contribution is 2.17. The number of rotatable bonds is 5. The number of benzene rings is 1. The van der Waals surface area contributed by atoms with E-state index in [1.807, 2.05) is 24.3 Å². The Hall–Kier alpha value is -1.99. The zero-order valence-corrected chi connectivity index (χ0v) is 14.5. The summed E-state index contributed by atoms with van der Waals surface area (Å²) in [6, 6.07) is 11.3. The van der Waals surface area contributed by atoms with Crippen molar-refractivity contribution in [3.63, 3.8) is 0 Å². The van der Waals surface area contributed by atoms with Gasteiger partial charge in [0.05, 0.1) is 4.90 Å². The lowest BCUT2D eigenvalue weighted by molar-refractivity contribution is 0.419. The Balaban J connectivity index is 1.56. The highest BCUT2D eigenvalue weighted by Gasteiger charge is 2.20. The molecule has 0 saturated carbocycles. The number of piperidine rings is 1. The fraction of sp³-hybridized carbons (Fsp3) is 0.412. The molecule has 0 spiro atoms. The number of aromatic nitrogens is 2. The molecule has 0 bridgehead atoms. The molecule has 1 aliphatic rings. The Morgan fingerprint density at radius 3 is 2.71 bits per heavy atom. The molecule has 2 aromatic rings. The second-order valence-electron chi connectivity index (χ2n) is 6.16. The van der Waals surface area contributed by atoms with Gasteiger partial charge >= 0.3 is 0 Å². The summed E-state index contributed by atoms with van der Waals surface area (Å²) in [5.74, 6) is 0.918. The molecule has 0 unspecified atom stereocenters. The van der Waals surface area contributed by atoms with Crippen molar-refractivity contribution in [2.75, 3.05) is 24.2 Å². The molecular weight excluding hydrogens is 324 g/mol. The van der Waals surface area contributed by atoms with Gasteiger partial charge in [-0.2, -0.15) is 5.10 Å². The molecular formula is C17H22N4O2S. The van der Waals surface area contributed by atoms with Crippen LogP contribution in [0.1, 0.15) is 18.4 Å². The first-order chi connectivity index (χ1) is 11.5. The smallest absolute Gasteiger partial charge is 0.175 e. The molecule has 1 aromatic heterocycles. The van der Waals surface area contributed by atoms with E-state index < -0.39 is 9.84 Å². The lowest BCUT2D eigenvalue weighted by atomic mass is 10.1. The fourth-order valence-corrected chi connectivity index (χ4v) is 3.56. The maximum atomic E-state index is 11.5. The Labute approximate surface area is 142 Å². The Morgan fingerprint density at radius 2 is 2.04 bits per heavy atom. The van der Waals surface area contributed by atoms with Crippen molar-refractivity contribution >= 4 is 15.7 Å². The van der Waals surface area contributed by atoms with Gasteiger partial charge in [0.25, 0.3) is 0 Å². The maximum Gasteiger partial charge on any atom is 0.175 e. The maximum absolute atomic E-state index is 11.5. The molecule has 1 aromatic carbocycles. The van der Waals surface area contributed by atoms with Crippen LogP contribution in [-0.2, 0) is 16.4 Å². The largest absolute Gasteiger partial charge is 0.354 e. The van der Waals surface area contributed by atoms with Crippen LogP contribution in [0.5, 0.6) is 0 Å². The number of nitrogens with one attached hydrogen (secondary N) is 1. The summed E-state index contributed by atoms with van der Waals surface area (Å²) >= 11 is 0. The molecule has 128 valence electrons. The van der Waals surface area contributed by atoms with Crippen LogP contribution in [0.2, 0.25) is 0 Å². The molecule has 1 atom stereocenters. The molecule has 0 aliphatic carbocycles. The van der Waals surface area contributed by atoms with E-state index in [9.17, 15) is 8.42 Å². The first-order valence-corrected chi connectivity index (χ1v) is 9.96. The van der Waals surface area contributed by atoms with Crippen LogP contribution in [0, 0.1) is 0 Å². The molecule has 3 rings (SSSR count). The SMILES string of the molecule is CS(=O)(=O)c1ccc(CN[C@H]2CCCN(c3cccnn3)C2)cc1. The van der Waals surface area contributed by atoms with Gasteiger partial charge in [0, 0.05) is 38.1 Å². The Kier molecular flexibility index (Phi) is 5.11. The van der Waals surface area contributed by atoms with Gasteiger partial charge in [-0.1, -0.05) is 12.1 Å². The molecule has 1 aliphatic heterocycles. The molecule has 7 heteroatoms. The molecule has 0 radical (unpaired) electrons. The van der Waals surface area contributed by atoms with Crippen molar-refractivity contribution in [2.45, 2.75) is 30.3 Å². The van der Waals surface area contributed by atoms with Crippen LogP contribution in [0.15, 0.2) is 47.5 Å². The fourth-order valence-electron chi connectivity index (χ4n) is 2.93. The van der Waals surface area contributed by atoms with E-state index >= 15 is 0 Å². The Bertz CT molecular complexity index is 763. The van der Waals surface area contributed by atoms with Crippen LogP contribution < -0.4 is 10.2 Å². The highest BCUT2D eigenvalue weighted by molar-refractivity contribution is 7.90. The van der Waals surface area contributed by atoms with E-state index in [2.05, 4.69) is 20.4 Å². The molecule has 1 fully saturated rings. The number of hydrogen-bond acceptors (Lipinski definition) is 6. The number of hydrogen-bond donors (Lipinski definition) is 1. The van der Waals surface area contributed by atoms with E-state index in [0.29, 0.717) is 10.9 Å². The minimum absolute atomic E-state index is 0.359. The molecule has 6 nitrogen and oxygen atoms in total. The van der Waals surface area contributed by atoms with E-state index in [4.69, 9.17) is 0 Å². The van der Waals surface area contributed by atoms with Crippen molar-refractivity contribution in [3.05, 3.63) is 48.2 Å². The van der Waals surface area contributed by atoms with Crippen LogP contribution in [-0.4, -0.2) is 44.0 Å². The Morgan fingerprint density at radius 1 is 1.25 bits per heavy atom. The normalized spacial score (nSPS) is 18.5. The van der Waals surface area contributed by atoms with Gasteiger partial charge < -0.3 is 10.2 Å². The van der Waals surface area contributed by atoms with Gasteiger partial charge in [-0.25, -0.2) is 8.42 Å². The monoisotopic (exact) mass is 346 g/mol. The minimum Gasteiger partial charge on any atom is -0.354 e. The summed E-state index contributed by atoms with van der Waals surface area (Å²) < 4.78 is 23.0. The zero-order valence-electron chi connectivity index (χ0n) is 13.7. The summed E-state index contributed by atoms with van der Waals surface area (Å²) in [5, 5.41) is 11.7. The molecule has 24 heavy (non-hydrogen) atoms. The lowest BCUT2D eigenvalue weighted by Crippen LogP contribution is -2.45.